The van der Waals surface area contributed by atoms with E-state index >= 15 is 0 Å². The molecule has 7 nitrogen and oxygen atoms in total. The molecule has 210 valence electrons. The van der Waals surface area contributed by atoms with Crippen molar-refractivity contribution in [3.05, 3.63) is 98.6 Å². The van der Waals surface area contributed by atoms with Gasteiger partial charge >= 0.3 is 6.18 Å². The average Bonchev–Trinajstić information content (AvgIpc) is 3.58. The SMILES string of the molecule is O=C(NC(Cc1cccc(F)c1)CN1C(=O)c2ccccc2C1=O)c1cc2c(s1)CCCn1ncc(C(F)(F)F)c1-2. The largest absolute Gasteiger partial charge is 0.420 e. The van der Waals surface area contributed by atoms with Gasteiger partial charge in [0.1, 0.15) is 11.4 Å². The molecule has 12 heteroatoms. The normalized spacial score (nSPS) is 15.3. The summed E-state index contributed by atoms with van der Waals surface area (Å²) in [6, 6.07) is 12.8. The van der Waals surface area contributed by atoms with Crippen LogP contribution < -0.4 is 5.32 Å². The summed E-state index contributed by atoms with van der Waals surface area (Å²) >= 11 is 1.10. The van der Waals surface area contributed by atoms with E-state index in [2.05, 4.69) is 10.4 Å². The molecule has 41 heavy (non-hydrogen) atoms. The smallest absolute Gasteiger partial charge is 0.346 e. The minimum absolute atomic E-state index is 0.0670. The van der Waals surface area contributed by atoms with Gasteiger partial charge in [0.05, 0.1) is 33.9 Å². The molecule has 0 spiro atoms. The fraction of sp³-hybridized carbons (Fsp3) is 0.241. The van der Waals surface area contributed by atoms with E-state index in [1.807, 2.05) is 0 Å². The predicted octanol–water partition coefficient (Wildman–Crippen LogP) is 5.35. The van der Waals surface area contributed by atoms with Crippen LogP contribution in [0.25, 0.3) is 11.3 Å². The fourth-order valence-corrected chi connectivity index (χ4v) is 6.46. The summed E-state index contributed by atoms with van der Waals surface area (Å²) in [5.74, 6) is -2.05. The van der Waals surface area contributed by atoms with Crippen molar-refractivity contribution < 1.29 is 31.9 Å². The van der Waals surface area contributed by atoms with Gasteiger partial charge in [-0.2, -0.15) is 18.3 Å². The first kappa shape index (κ1) is 26.9. The number of imide groups is 1. The van der Waals surface area contributed by atoms with Crippen LogP contribution in [0.3, 0.4) is 0 Å². The van der Waals surface area contributed by atoms with Gasteiger partial charge in [-0.05, 0) is 55.2 Å². The molecular formula is C29H22F4N4O3S. The molecule has 1 unspecified atom stereocenters. The number of alkyl halides is 3. The van der Waals surface area contributed by atoms with Crippen LogP contribution in [-0.2, 0) is 25.6 Å². The van der Waals surface area contributed by atoms with Gasteiger partial charge in [0.25, 0.3) is 17.7 Å². The van der Waals surface area contributed by atoms with E-state index in [1.54, 1.807) is 30.3 Å². The molecule has 0 saturated heterocycles. The van der Waals surface area contributed by atoms with Gasteiger partial charge in [0.15, 0.2) is 0 Å². The number of hydrogen-bond acceptors (Lipinski definition) is 5. The highest BCUT2D eigenvalue weighted by molar-refractivity contribution is 7.14. The first-order valence-electron chi connectivity index (χ1n) is 12.9. The van der Waals surface area contributed by atoms with Crippen LogP contribution in [0.5, 0.6) is 0 Å². The van der Waals surface area contributed by atoms with Crippen molar-refractivity contribution >= 4 is 29.1 Å². The first-order chi connectivity index (χ1) is 19.6. The van der Waals surface area contributed by atoms with Crippen LogP contribution in [0.1, 0.15) is 52.8 Å². The molecule has 2 aliphatic rings. The molecule has 4 heterocycles. The van der Waals surface area contributed by atoms with Gasteiger partial charge in [0, 0.05) is 23.5 Å². The third-order valence-corrected chi connectivity index (χ3v) is 8.39. The summed E-state index contributed by atoms with van der Waals surface area (Å²) in [7, 11) is 0. The van der Waals surface area contributed by atoms with E-state index in [1.165, 1.54) is 28.9 Å². The molecule has 0 saturated carbocycles. The zero-order valence-electron chi connectivity index (χ0n) is 21.4. The van der Waals surface area contributed by atoms with Gasteiger partial charge in [0.2, 0.25) is 0 Å². The molecule has 6 rings (SSSR count). The minimum atomic E-state index is -4.61. The van der Waals surface area contributed by atoms with Gasteiger partial charge in [-0.1, -0.05) is 24.3 Å². The Morgan fingerprint density at radius 3 is 2.44 bits per heavy atom. The number of fused-ring (bicyclic) bond motifs is 4. The van der Waals surface area contributed by atoms with E-state index in [4.69, 9.17) is 0 Å². The Kier molecular flexibility index (Phi) is 6.72. The summed E-state index contributed by atoms with van der Waals surface area (Å²) in [5, 5.41) is 6.77. The Morgan fingerprint density at radius 2 is 1.76 bits per heavy atom. The second-order valence-corrected chi connectivity index (χ2v) is 11.1. The predicted molar refractivity (Wildman–Crippen MR) is 142 cm³/mol. The molecule has 3 amide bonds. The number of halogens is 4. The average molecular weight is 583 g/mol. The van der Waals surface area contributed by atoms with E-state index < -0.39 is 41.3 Å². The lowest BCUT2D eigenvalue weighted by molar-refractivity contribution is -0.137. The number of aryl methyl sites for hydroxylation is 2. The van der Waals surface area contributed by atoms with Crippen LogP contribution in [0.4, 0.5) is 17.6 Å². The van der Waals surface area contributed by atoms with Crippen molar-refractivity contribution in [3.63, 3.8) is 0 Å². The number of carbonyl (C=O) groups is 3. The number of nitrogens with one attached hydrogen (secondary N) is 1. The van der Waals surface area contributed by atoms with Gasteiger partial charge in [-0.3, -0.25) is 24.0 Å². The van der Waals surface area contributed by atoms with Gasteiger partial charge in [-0.15, -0.1) is 11.3 Å². The maximum atomic E-state index is 13.9. The number of nitrogens with zero attached hydrogens (tertiary/aromatic N) is 3. The quantitative estimate of drug-likeness (QED) is 0.245. The monoisotopic (exact) mass is 582 g/mol. The Balaban J connectivity index is 1.30. The van der Waals surface area contributed by atoms with Crippen LogP contribution in [-0.4, -0.2) is 45.0 Å². The second-order valence-electron chi connectivity index (χ2n) is 9.95. The van der Waals surface area contributed by atoms with Gasteiger partial charge < -0.3 is 5.32 Å². The molecule has 0 fully saturated rings. The number of hydrogen-bond donors (Lipinski definition) is 1. The lowest BCUT2D eigenvalue weighted by Gasteiger charge is -2.24. The second kappa shape index (κ2) is 10.3. The van der Waals surface area contributed by atoms with Crippen molar-refractivity contribution in [1.29, 1.82) is 0 Å². The van der Waals surface area contributed by atoms with E-state index in [-0.39, 0.29) is 34.7 Å². The Bertz CT molecular complexity index is 1660. The maximum Gasteiger partial charge on any atom is 0.420 e. The van der Waals surface area contributed by atoms with Crippen LogP contribution in [0.15, 0.2) is 60.8 Å². The van der Waals surface area contributed by atoms with Crippen molar-refractivity contribution in [2.75, 3.05) is 6.54 Å². The number of carbonyl (C=O) groups excluding carboxylic acids is 3. The first-order valence-corrected chi connectivity index (χ1v) is 13.7. The van der Waals surface area contributed by atoms with E-state index in [9.17, 15) is 31.9 Å². The Hall–Kier alpha value is -4.32. The molecule has 1 N–H and O–H groups in total. The fourth-order valence-electron chi connectivity index (χ4n) is 5.35. The lowest BCUT2D eigenvalue weighted by Crippen LogP contribution is -2.46. The minimum Gasteiger partial charge on any atom is -0.346 e. The Labute approximate surface area is 235 Å². The molecule has 2 aromatic carbocycles. The van der Waals surface area contributed by atoms with E-state index in [0.29, 0.717) is 35.4 Å². The summed E-state index contributed by atoms with van der Waals surface area (Å²) in [6.07, 6.45) is -2.66. The summed E-state index contributed by atoms with van der Waals surface area (Å²) in [4.78, 5) is 41.4. The lowest BCUT2D eigenvalue weighted by atomic mass is 10.0. The van der Waals surface area contributed by atoms with Crippen molar-refractivity contribution in [2.45, 2.75) is 38.0 Å². The summed E-state index contributed by atoms with van der Waals surface area (Å²) < 4.78 is 56.5. The zero-order valence-corrected chi connectivity index (χ0v) is 22.2. The molecule has 0 aliphatic carbocycles. The highest BCUT2D eigenvalue weighted by atomic mass is 32.1. The molecule has 1 atom stereocenters. The number of amides is 3. The van der Waals surface area contributed by atoms with Crippen LogP contribution in [0, 0.1) is 5.82 Å². The third kappa shape index (κ3) is 5.03. The molecule has 0 radical (unpaired) electrons. The summed E-state index contributed by atoms with van der Waals surface area (Å²) in [6.45, 7) is 0.148. The molecule has 2 aromatic heterocycles. The van der Waals surface area contributed by atoms with Gasteiger partial charge in [-0.25, -0.2) is 4.39 Å². The van der Waals surface area contributed by atoms with Crippen molar-refractivity contribution in [3.8, 4) is 11.3 Å². The number of thiophene rings is 1. The third-order valence-electron chi connectivity index (χ3n) is 7.19. The standard InChI is InChI=1S/C29H22F4N4O3S/c30-17-6-3-5-16(11-17)12-18(15-36-27(39)19-7-1-2-8-20(19)28(36)40)35-26(38)24-13-21-23(41-24)9-4-10-37-25(21)22(14-34-37)29(31,32)33/h1-3,5-8,11,13-14,18H,4,9-10,12,15H2,(H,35,38). The molecular weight excluding hydrogens is 560 g/mol. The highest BCUT2D eigenvalue weighted by Crippen LogP contribution is 2.42. The van der Waals surface area contributed by atoms with Crippen LogP contribution in [0.2, 0.25) is 0 Å². The molecule has 4 aromatic rings. The molecule has 2 aliphatic heterocycles. The number of aromatic nitrogens is 2. The molecule has 0 bridgehead atoms. The zero-order chi connectivity index (χ0) is 28.9. The van der Waals surface area contributed by atoms with Crippen LogP contribution >= 0.6 is 11.3 Å². The topological polar surface area (TPSA) is 84.3 Å². The Morgan fingerprint density at radius 1 is 1.02 bits per heavy atom. The number of rotatable bonds is 6. The van der Waals surface area contributed by atoms with Crippen molar-refractivity contribution in [1.82, 2.24) is 20.0 Å². The highest BCUT2D eigenvalue weighted by Gasteiger charge is 2.39. The number of benzene rings is 2. The summed E-state index contributed by atoms with van der Waals surface area (Å²) in [5.41, 5.74) is 0.430. The maximum absolute atomic E-state index is 13.9. The van der Waals surface area contributed by atoms with Crippen molar-refractivity contribution in [2.24, 2.45) is 0 Å². The van der Waals surface area contributed by atoms with E-state index in [0.717, 1.165) is 22.4 Å².